The van der Waals surface area contributed by atoms with Crippen LogP contribution in [-0.4, -0.2) is 52.0 Å². The van der Waals surface area contributed by atoms with Gasteiger partial charge in [0.2, 0.25) is 0 Å². The van der Waals surface area contributed by atoms with Crippen LogP contribution >= 0.6 is 0 Å². The van der Waals surface area contributed by atoms with Crippen molar-refractivity contribution in [2.24, 2.45) is 5.92 Å². The summed E-state index contributed by atoms with van der Waals surface area (Å²) in [5, 5.41) is 6.55. The molecule has 0 bridgehead atoms. The van der Waals surface area contributed by atoms with Crippen molar-refractivity contribution in [1.29, 1.82) is 0 Å². The molecule has 2 unspecified atom stereocenters. The Hall–Kier alpha value is -2.55. The van der Waals surface area contributed by atoms with Gasteiger partial charge in [0.05, 0.1) is 6.61 Å². The molecule has 1 aromatic carbocycles. The molecule has 4 rings (SSSR count). The zero-order valence-electron chi connectivity index (χ0n) is 19.6. The molecule has 8 nitrogen and oxygen atoms in total. The van der Waals surface area contributed by atoms with Gasteiger partial charge < -0.3 is 34.0 Å². The first-order valence-corrected chi connectivity index (χ1v) is 11.6. The van der Waals surface area contributed by atoms with Crippen LogP contribution < -0.4 is 20.1 Å². The second-order valence-corrected chi connectivity index (χ2v) is 9.09. The lowest BCUT2D eigenvalue weighted by molar-refractivity contribution is -0.137. The molecular weight excluding hydrogens is 424 g/mol. The molecule has 33 heavy (non-hydrogen) atoms. The molecule has 0 saturated carbocycles. The van der Waals surface area contributed by atoms with Gasteiger partial charge in [0.1, 0.15) is 43.0 Å². The summed E-state index contributed by atoms with van der Waals surface area (Å²) in [7, 11) is 1.63. The Kier molecular flexibility index (Phi) is 7.57. The van der Waals surface area contributed by atoms with Crippen LogP contribution in [0.5, 0.6) is 11.5 Å². The fraction of sp³-hybridized carbons (Fsp3) is 0.560. The van der Waals surface area contributed by atoms with Gasteiger partial charge in [0.25, 0.3) is 5.91 Å². The highest BCUT2D eigenvalue weighted by Gasteiger charge is 2.40. The normalized spacial score (nSPS) is 19.8. The van der Waals surface area contributed by atoms with Gasteiger partial charge in [-0.1, -0.05) is 19.9 Å². The second kappa shape index (κ2) is 10.6. The van der Waals surface area contributed by atoms with Crippen LogP contribution in [0.15, 0.2) is 34.7 Å². The Balaban J connectivity index is 1.69. The minimum Gasteiger partial charge on any atom is -0.486 e. The quantitative estimate of drug-likeness (QED) is 0.597. The predicted octanol–water partition coefficient (Wildman–Crippen LogP) is 2.79. The van der Waals surface area contributed by atoms with Gasteiger partial charge in [-0.05, 0) is 42.2 Å². The monoisotopic (exact) mass is 458 g/mol. The van der Waals surface area contributed by atoms with Crippen molar-refractivity contribution < 1.29 is 28.2 Å². The van der Waals surface area contributed by atoms with Crippen LogP contribution in [0.4, 0.5) is 0 Å². The molecule has 2 aliphatic rings. The van der Waals surface area contributed by atoms with Crippen LogP contribution in [0.1, 0.15) is 37.4 Å². The van der Waals surface area contributed by atoms with Gasteiger partial charge in [0.15, 0.2) is 11.5 Å². The molecule has 0 aliphatic carbocycles. The largest absolute Gasteiger partial charge is 0.486 e. The van der Waals surface area contributed by atoms with Crippen molar-refractivity contribution in [2.45, 2.75) is 44.9 Å². The number of fused-ring (bicyclic) bond motifs is 1. The summed E-state index contributed by atoms with van der Waals surface area (Å²) in [5.41, 5.74) is 0.259. The van der Waals surface area contributed by atoms with Crippen molar-refractivity contribution in [2.75, 3.05) is 40.0 Å². The summed E-state index contributed by atoms with van der Waals surface area (Å²) in [6.45, 7) is 7.46. The molecule has 2 N–H and O–H groups in total. The third-order valence-corrected chi connectivity index (χ3v) is 5.87. The molecule has 1 aromatic heterocycles. The molecule has 2 atom stereocenters. The first kappa shape index (κ1) is 23.6. The molecule has 0 radical (unpaired) electrons. The van der Waals surface area contributed by atoms with E-state index >= 15 is 0 Å². The number of ether oxygens (including phenoxy) is 4. The van der Waals surface area contributed by atoms with Gasteiger partial charge in [0, 0.05) is 26.6 Å². The summed E-state index contributed by atoms with van der Waals surface area (Å²) in [4.78, 5) is 13.3. The van der Waals surface area contributed by atoms with Crippen molar-refractivity contribution in [1.82, 2.24) is 10.6 Å². The van der Waals surface area contributed by atoms with Crippen molar-refractivity contribution in [3.05, 3.63) is 47.4 Å². The SMILES string of the molecule is COCc1ccc(C(Cc2ccc3c(c2)OCCO3)(CC(C)C)NC(=O)C2CNCCO2)o1. The topological polar surface area (TPSA) is 91.2 Å². The number of carbonyl (C=O) groups is 1. The Bertz CT molecular complexity index is 937. The van der Waals surface area contributed by atoms with Crippen LogP contribution in [-0.2, 0) is 32.8 Å². The maximum Gasteiger partial charge on any atom is 0.251 e. The number of benzene rings is 1. The number of amides is 1. The van der Waals surface area contributed by atoms with E-state index in [1.807, 2.05) is 30.3 Å². The third kappa shape index (κ3) is 5.69. The van der Waals surface area contributed by atoms with E-state index in [0.29, 0.717) is 63.3 Å². The number of methoxy groups -OCH3 is 1. The highest BCUT2D eigenvalue weighted by Crippen LogP contribution is 2.37. The van der Waals surface area contributed by atoms with E-state index < -0.39 is 11.6 Å². The van der Waals surface area contributed by atoms with Crippen molar-refractivity contribution >= 4 is 5.91 Å². The molecule has 1 saturated heterocycles. The zero-order valence-corrected chi connectivity index (χ0v) is 19.6. The van der Waals surface area contributed by atoms with Crippen molar-refractivity contribution in [3.63, 3.8) is 0 Å². The predicted molar refractivity (Wildman–Crippen MR) is 122 cm³/mol. The molecule has 8 heteroatoms. The second-order valence-electron chi connectivity index (χ2n) is 9.09. The molecule has 1 fully saturated rings. The zero-order chi connectivity index (χ0) is 23.3. The Morgan fingerprint density at radius 2 is 2.00 bits per heavy atom. The lowest BCUT2D eigenvalue weighted by atomic mass is 9.80. The van der Waals surface area contributed by atoms with Gasteiger partial charge in [-0.3, -0.25) is 4.79 Å². The minimum atomic E-state index is -0.762. The number of nitrogens with one attached hydrogen (secondary N) is 2. The Labute approximate surface area is 194 Å². The summed E-state index contributed by atoms with van der Waals surface area (Å²) >= 11 is 0. The van der Waals surface area contributed by atoms with Crippen LogP contribution in [0.25, 0.3) is 0 Å². The molecule has 2 aliphatic heterocycles. The number of morpholine rings is 1. The van der Waals surface area contributed by atoms with E-state index in [-0.39, 0.29) is 5.91 Å². The average molecular weight is 459 g/mol. The van der Waals surface area contributed by atoms with E-state index in [0.717, 1.165) is 23.6 Å². The Morgan fingerprint density at radius 3 is 2.73 bits per heavy atom. The number of carbonyl (C=O) groups excluding carboxylic acids is 1. The summed E-state index contributed by atoms with van der Waals surface area (Å²) < 4.78 is 28.7. The van der Waals surface area contributed by atoms with E-state index in [9.17, 15) is 4.79 Å². The maximum absolute atomic E-state index is 13.3. The highest BCUT2D eigenvalue weighted by molar-refractivity contribution is 5.82. The van der Waals surface area contributed by atoms with E-state index in [4.69, 9.17) is 23.4 Å². The maximum atomic E-state index is 13.3. The summed E-state index contributed by atoms with van der Waals surface area (Å²) in [6, 6.07) is 9.79. The van der Waals surface area contributed by atoms with Gasteiger partial charge >= 0.3 is 0 Å². The number of hydrogen-bond acceptors (Lipinski definition) is 7. The van der Waals surface area contributed by atoms with Gasteiger partial charge in [-0.2, -0.15) is 0 Å². The van der Waals surface area contributed by atoms with Crippen molar-refractivity contribution in [3.8, 4) is 11.5 Å². The van der Waals surface area contributed by atoms with E-state index in [1.54, 1.807) is 7.11 Å². The highest BCUT2D eigenvalue weighted by atomic mass is 16.6. The fourth-order valence-corrected chi connectivity index (χ4v) is 4.56. The van der Waals surface area contributed by atoms with Gasteiger partial charge in [-0.25, -0.2) is 0 Å². The lowest BCUT2D eigenvalue weighted by Crippen LogP contribution is -2.55. The smallest absolute Gasteiger partial charge is 0.251 e. The van der Waals surface area contributed by atoms with Gasteiger partial charge in [-0.15, -0.1) is 0 Å². The van der Waals surface area contributed by atoms with Crippen LogP contribution in [0.3, 0.4) is 0 Å². The number of rotatable bonds is 9. The molecule has 180 valence electrons. The first-order valence-electron chi connectivity index (χ1n) is 11.6. The Morgan fingerprint density at radius 1 is 1.18 bits per heavy atom. The number of furan rings is 1. The van der Waals surface area contributed by atoms with Crippen LogP contribution in [0.2, 0.25) is 0 Å². The summed E-state index contributed by atoms with van der Waals surface area (Å²) in [5.74, 6) is 3.03. The molecule has 3 heterocycles. The third-order valence-electron chi connectivity index (χ3n) is 5.87. The number of hydrogen-bond donors (Lipinski definition) is 2. The van der Waals surface area contributed by atoms with Crippen LogP contribution in [0, 0.1) is 5.92 Å². The first-order chi connectivity index (χ1) is 16.0. The standard InChI is InChI=1S/C25H34N2O6/c1-17(2)13-25(23-7-5-19(33-23)16-29-3,27-24(28)22-15-26-8-9-30-22)14-18-4-6-20-21(12-18)32-11-10-31-20/h4-7,12,17,22,26H,8-11,13-16H2,1-3H3,(H,27,28). The van der Waals surface area contributed by atoms with E-state index in [1.165, 1.54) is 0 Å². The molecule has 1 amide bonds. The molecular formula is C25H34N2O6. The van der Waals surface area contributed by atoms with E-state index in [2.05, 4.69) is 24.5 Å². The summed E-state index contributed by atoms with van der Waals surface area (Å²) in [6.07, 6.45) is 0.680. The molecule has 2 aromatic rings. The lowest BCUT2D eigenvalue weighted by Gasteiger charge is -2.37. The average Bonchev–Trinajstić information content (AvgIpc) is 3.29. The minimum absolute atomic E-state index is 0.148. The molecule has 0 spiro atoms. The fourth-order valence-electron chi connectivity index (χ4n) is 4.56.